The van der Waals surface area contributed by atoms with Crippen molar-refractivity contribution in [2.24, 2.45) is 0 Å². The highest BCUT2D eigenvalue weighted by molar-refractivity contribution is 6.30. The van der Waals surface area contributed by atoms with Crippen molar-refractivity contribution in [1.29, 1.82) is 0 Å². The lowest BCUT2D eigenvalue weighted by Crippen LogP contribution is -2.45. The normalized spacial score (nSPS) is 19.2. The molecule has 1 aliphatic heterocycles. The molecule has 0 amide bonds. The quantitative estimate of drug-likeness (QED) is 0.836. The van der Waals surface area contributed by atoms with Gasteiger partial charge < -0.3 is 5.32 Å². The minimum atomic E-state index is 0.420. The van der Waals surface area contributed by atoms with Crippen LogP contribution in [0.1, 0.15) is 31.4 Å². The number of hydrogen-bond acceptors (Lipinski definition) is 3. The van der Waals surface area contributed by atoms with Gasteiger partial charge in [0.25, 0.3) is 0 Å². The van der Waals surface area contributed by atoms with Crippen LogP contribution in [-0.2, 0) is 0 Å². The third-order valence-electron chi connectivity index (χ3n) is 3.30. The number of nitrogens with zero attached hydrogens (tertiary/aromatic N) is 2. The Morgan fingerprint density at radius 1 is 1.47 bits per heavy atom. The van der Waals surface area contributed by atoms with Gasteiger partial charge in [0.2, 0.25) is 0 Å². The Labute approximate surface area is 108 Å². The summed E-state index contributed by atoms with van der Waals surface area (Å²) in [6.07, 6.45) is 4.07. The van der Waals surface area contributed by atoms with E-state index >= 15 is 0 Å². The molecule has 1 fully saturated rings. The highest BCUT2D eigenvalue weighted by Crippen LogP contribution is 2.29. The molecule has 1 aromatic heterocycles. The molecule has 2 rings (SSSR count). The molecule has 0 radical (unpaired) electrons. The molecule has 1 N–H and O–H groups in total. The zero-order chi connectivity index (χ0) is 12.1. The summed E-state index contributed by atoms with van der Waals surface area (Å²) in [7, 11) is 0. The van der Waals surface area contributed by atoms with E-state index in [1.807, 2.05) is 6.07 Å². The van der Waals surface area contributed by atoms with Crippen LogP contribution in [0.4, 0.5) is 0 Å². The molecule has 17 heavy (non-hydrogen) atoms. The lowest BCUT2D eigenvalue weighted by molar-refractivity contribution is 0.164. The Kier molecular flexibility index (Phi) is 4.77. The summed E-state index contributed by atoms with van der Waals surface area (Å²) in [6, 6.07) is 4.51. The average Bonchev–Trinajstić information content (AvgIpc) is 2.38. The van der Waals surface area contributed by atoms with Gasteiger partial charge in [0, 0.05) is 44.0 Å². The number of pyridine rings is 1. The standard InChI is InChI=1S/C13H20ClN3/c1-2-4-12(17-9-7-15-8-10-17)11-5-3-6-16-13(11)14/h3,5-6,12,15H,2,4,7-10H2,1H3/t12-/m0/s1. The van der Waals surface area contributed by atoms with Crippen LogP contribution < -0.4 is 5.32 Å². The third kappa shape index (κ3) is 3.18. The van der Waals surface area contributed by atoms with Crippen molar-refractivity contribution >= 4 is 11.6 Å². The summed E-state index contributed by atoms with van der Waals surface area (Å²) in [5.41, 5.74) is 1.18. The van der Waals surface area contributed by atoms with Gasteiger partial charge in [-0.05, 0) is 12.5 Å². The van der Waals surface area contributed by atoms with Crippen molar-refractivity contribution in [3.63, 3.8) is 0 Å². The van der Waals surface area contributed by atoms with E-state index in [2.05, 4.69) is 28.2 Å². The van der Waals surface area contributed by atoms with Gasteiger partial charge in [0.05, 0.1) is 0 Å². The monoisotopic (exact) mass is 253 g/mol. The summed E-state index contributed by atoms with van der Waals surface area (Å²) in [4.78, 5) is 6.72. The lowest BCUT2D eigenvalue weighted by Gasteiger charge is -2.35. The summed E-state index contributed by atoms with van der Waals surface area (Å²) in [6.45, 7) is 6.54. The zero-order valence-electron chi connectivity index (χ0n) is 10.3. The van der Waals surface area contributed by atoms with E-state index in [0.29, 0.717) is 11.2 Å². The van der Waals surface area contributed by atoms with Crippen LogP contribution in [0.25, 0.3) is 0 Å². The Morgan fingerprint density at radius 3 is 2.88 bits per heavy atom. The maximum atomic E-state index is 6.22. The molecular weight excluding hydrogens is 234 g/mol. The van der Waals surface area contributed by atoms with Crippen molar-refractivity contribution in [1.82, 2.24) is 15.2 Å². The van der Waals surface area contributed by atoms with E-state index in [9.17, 15) is 0 Å². The molecule has 94 valence electrons. The second-order valence-electron chi connectivity index (χ2n) is 4.47. The van der Waals surface area contributed by atoms with Crippen molar-refractivity contribution in [2.75, 3.05) is 26.2 Å². The number of halogens is 1. The Morgan fingerprint density at radius 2 is 2.24 bits per heavy atom. The molecule has 1 aromatic rings. The van der Waals surface area contributed by atoms with E-state index in [-0.39, 0.29) is 0 Å². The highest BCUT2D eigenvalue weighted by Gasteiger charge is 2.23. The summed E-state index contributed by atoms with van der Waals surface area (Å²) >= 11 is 6.22. The smallest absolute Gasteiger partial charge is 0.133 e. The van der Waals surface area contributed by atoms with Crippen LogP contribution in [0.3, 0.4) is 0 Å². The molecule has 0 saturated carbocycles. The molecular formula is C13H20ClN3. The van der Waals surface area contributed by atoms with E-state index < -0.39 is 0 Å². The maximum Gasteiger partial charge on any atom is 0.133 e. The fraction of sp³-hybridized carbons (Fsp3) is 0.615. The minimum absolute atomic E-state index is 0.420. The molecule has 1 aliphatic rings. The Hall–Kier alpha value is -0.640. The first-order valence-electron chi connectivity index (χ1n) is 6.38. The fourth-order valence-corrected chi connectivity index (χ4v) is 2.69. The molecule has 4 heteroatoms. The number of piperazine rings is 1. The van der Waals surface area contributed by atoms with Crippen molar-refractivity contribution < 1.29 is 0 Å². The summed E-state index contributed by atoms with van der Waals surface area (Å²) in [5, 5.41) is 4.04. The number of nitrogens with one attached hydrogen (secondary N) is 1. The minimum Gasteiger partial charge on any atom is -0.314 e. The molecule has 0 spiro atoms. The Balaban J connectivity index is 2.18. The van der Waals surface area contributed by atoms with Gasteiger partial charge in [-0.3, -0.25) is 4.90 Å². The average molecular weight is 254 g/mol. The van der Waals surface area contributed by atoms with Gasteiger partial charge in [-0.25, -0.2) is 4.98 Å². The van der Waals surface area contributed by atoms with E-state index in [0.717, 1.165) is 32.6 Å². The molecule has 0 aromatic carbocycles. The molecule has 1 saturated heterocycles. The number of rotatable bonds is 4. The molecule has 0 bridgehead atoms. The highest BCUT2D eigenvalue weighted by atomic mass is 35.5. The van der Waals surface area contributed by atoms with Gasteiger partial charge in [0.15, 0.2) is 0 Å². The third-order valence-corrected chi connectivity index (χ3v) is 3.62. The zero-order valence-corrected chi connectivity index (χ0v) is 11.1. The van der Waals surface area contributed by atoms with E-state index in [1.54, 1.807) is 6.20 Å². The van der Waals surface area contributed by atoms with Crippen LogP contribution in [0.15, 0.2) is 18.3 Å². The van der Waals surface area contributed by atoms with Crippen LogP contribution in [0, 0.1) is 0 Å². The summed E-state index contributed by atoms with van der Waals surface area (Å²) in [5.74, 6) is 0. The first kappa shape index (κ1) is 12.8. The topological polar surface area (TPSA) is 28.2 Å². The van der Waals surface area contributed by atoms with Gasteiger partial charge >= 0.3 is 0 Å². The molecule has 0 unspecified atom stereocenters. The van der Waals surface area contributed by atoms with Crippen molar-refractivity contribution in [3.05, 3.63) is 29.0 Å². The second-order valence-corrected chi connectivity index (χ2v) is 4.83. The van der Waals surface area contributed by atoms with Crippen molar-refractivity contribution in [3.8, 4) is 0 Å². The molecule has 2 heterocycles. The van der Waals surface area contributed by atoms with E-state index in [1.165, 1.54) is 12.0 Å². The van der Waals surface area contributed by atoms with E-state index in [4.69, 9.17) is 11.6 Å². The summed E-state index contributed by atoms with van der Waals surface area (Å²) < 4.78 is 0. The SMILES string of the molecule is CCC[C@@H](c1cccnc1Cl)N1CCNCC1. The van der Waals surface area contributed by atoms with Crippen LogP contribution in [-0.4, -0.2) is 36.1 Å². The number of hydrogen-bond donors (Lipinski definition) is 1. The Bertz CT molecular complexity index is 350. The number of aromatic nitrogens is 1. The fourth-order valence-electron chi connectivity index (χ4n) is 2.45. The van der Waals surface area contributed by atoms with Crippen molar-refractivity contribution in [2.45, 2.75) is 25.8 Å². The largest absolute Gasteiger partial charge is 0.314 e. The predicted molar refractivity (Wildman–Crippen MR) is 71.3 cm³/mol. The molecule has 1 atom stereocenters. The lowest BCUT2D eigenvalue weighted by atomic mass is 10.0. The van der Waals surface area contributed by atoms with Gasteiger partial charge in [-0.1, -0.05) is 31.0 Å². The second kappa shape index (κ2) is 6.34. The maximum absolute atomic E-state index is 6.22. The van der Waals surface area contributed by atoms with Gasteiger partial charge in [-0.15, -0.1) is 0 Å². The van der Waals surface area contributed by atoms with Crippen LogP contribution in [0.5, 0.6) is 0 Å². The van der Waals surface area contributed by atoms with Gasteiger partial charge in [-0.2, -0.15) is 0 Å². The molecule has 0 aliphatic carbocycles. The van der Waals surface area contributed by atoms with Crippen LogP contribution in [0.2, 0.25) is 5.15 Å². The first-order valence-corrected chi connectivity index (χ1v) is 6.76. The first-order chi connectivity index (χ1) is 8.33. The van der Waals surface area contributed by atoms with Gasteiger partial charge in [0.1, 0.15) is 5.15 Å². The molecule has 3 nitrogen and oxygen atoms in total. The van der Waals surface area contributed by atoms with Crippen LogP contribution >= 0.6 is 11.6 Å². The predicted octanol–water partition coefficient (Wildman–Crippen LogP) is 2.48.